The van der Waals surface area contributed by atoms with Gasteiger partial charge in [0.05, 0.1) is 11.5 Å². The number of sulfonamides is 1. The number of aliphatic hydroxyl groups excluding tert-OH is 1. The topological polar surface area (TPSA) is 146 Å². The van der Waals surface area contributed by atoms with Crippen molar-refractivity contribution in [1.82, 2.24) is 5.32 Å². The zero-order chi connectivity index (χ0) is 29.5. The Morgan fingerprint density at radius 2 is 1.59 bits per heavy atom. The Balaban J connectivity index is 1.37. The van der Waals surface area contributed by atoms with E-state index in [0.29, 0.717) is 43.2 Å². The van der Waals surface area contributed by atoms with Gasteiger partial charge >= 0.3 is 6.09 Å². The molecule has 0 spiro atoms. The normalized spacial score (nSPS) is 12.0. The summed E-state index contributed by atoms with van der Waals surface area (Å²) in [5, 5.41) is 25.1. The van der Waals surface area contributed by atoms with E-state index in [4.69, 9.17) is 9.47 Å². The molecule has 222 valence electrons. The van der Waals surface area contributed by atoms with Crippen LogP contribution >= 0.6 is 0 Å². The Labute approximate surface area is 241 Å². The summed E-state index contributed by atoms with van der Waals surface area (Å²) < 4.78 is 38.8. The second-order valence-electron chi connectivity index (χ2n) is 9.56. The van der Waals surface area contributed by atoms with E-state index in [1.54, 1.807) is 24.3 Å². The molecule has 41 heavy (non-hydrogen) atoms. The van der Waals surface area contributed by atoms with Gasteiger partial charge in [-0.25, -0.2) is 13.2 Å². The standard InChI is InChI=1S/C30H39N3O7S/c1-2-3-4-5-20-39-30(36)32-24-10-16-29(17-11-24)41(37,38)33-25-8-6-23(7-9-25)18-19-31-21-27(35)22-40-28-14-12-26(34)13-15-28/h6-17,27,31,33-35H,2-5,18-22H2,1H3,(H,32,36)/t27-/m0/s1. The zero-order valence-corrected chi connectivity index (χ0v) is 24.0. The lowest BCUT2D eigenvalue weighted by molar-refractivity contribution is 0.106. The molecule has 0 bridgehead atoms. The molecule has 0 aromatic heterocycles. The van der Waals surface area contributed by atoms with E-state index in [9.17, 15) is 23.4 Å². The first kappa shape index (κ1) is 31.7. The number of carbonyl (C=O) groups is 1. The number of hydrogen-bond donors (Lipinski definition) is 5. The molecule has 3 aromatic carbocycles. The maximum atomic E-state index is 12.8. The number of aromatic hydroxyl groups is 1. The number of nitrogens with one attached hydrogen (secondary N) is 3. The zero-order valence-electron chi connectivity index (χ0n) is 23.2. The van der Waals surface area contributed by atoms with Gasteiger partial charge in [0.2, 0.25) is 0 Å². The van der Waals surface area contributed by atoms with Crippen molar-refractivity contribution in [2.75, 3.05) is 36.3 Å². The summed E-state index contributed by atoms with van der Waals surface area (Å²) in [6.07, 6.45) is 3.45. The number of hydrogen-bond acceptors (Lipinski definition) is 8. The number of phenols is 1. The van der Waals surface area contributed by atoms with Crippen LogP contribution in [0.4, 0.5) is 16.2 Å². The summed E-state index contributed by atoms with van der Waals surface area (Å²) in [7, 11) is -3.81. The summed E-state index contributed by atoms with van der Waals surface area (Å²) in [6, 6.07) is 19.2. The first-order valence-electron chi connectivity index (χ1n) is 13.7. The minimum Gasteiger partial charge on any atom is -0.508 e. The van der Waals surface area contributed by atoms with Crippen LogP contribution in [0.25, 0.3) is 0 Å². The molecule has 0 saturated heterocycles. The Morgan fingerprint density at radius 3 is 2.27 bits per heavy atom. The van der Waals surface area contributed by atoms with Crippen molar-refractivity contribution < 1.29 is 32.9 Å². The molecule has 0 radical (unpaired) electrons. The number of carbonyl (C=O) groups excluding carboxylic acids is 1. The van der Waals surface area contributed by atoms with Gasteiger partial charge in [-0.2, -0.15) is 0 Å². The smallest absolute Gasteiger partial charge is 0.411 e. The van der Waals surface area contributed by atoms with Crippen molar-refractivity contribution in [2.24, 2.45) is 0 Å². The van der Waals surface area contributed by atoms with Gasteiger partial charge in [0.25, 0.3) is 10.0 Å². The number of benzene rings is 3. The van der Waals surface area contributed by atoms with Crippen LogP contribution in [0.2, 0.25) is 0 Å². The fourth-order valence-corrected chi connectivity index (χ4v) is 4.87. The summed E-state index contributed by atoms with van der Waals surface area (Å²) in [6.45, 7) is 3.55. The van der Waals surface area contributed by atoms with Crippen molar-refractivity contribution in [3.8, 4) is 11.5 Å². The highest BCUT2D eigenvalue weighted by Gasteiger charge is 2.15. The molecule has 1 amide bonds. The van der Waals surface area contributed by atoms with Crippen LogP contribution < -0.4 is 20.1 Å². The van der Waals surface area contributed by atoms with E-state index >= 15 is 0 Å². The van der Waals surface area contributed by atoms with E-state index in [2.05, 4.69) is 22.3 Å². The van der Waals surface area contributed by atoms with Gasteiger partial charge in [-0.15, -0.1) is 0 Å². The van der Waals surface area contributed by atoms with Crippen LogP contribution in [0.1, 0.15) is 38.2 Å². The average Bonchev–Trinajstić information content (AvgIpc) is 2.96. The number of anilines is 2. The third-order valence-corrected chi connectivity index (χ3v) is 7.49. The molecule has 0 aliphatic carbocycles. The molecule has 1 atom stereocenters. The van der Waals surface area contributed by atoms with Crippen LogP contribution in [-0.4, -0.2) is 57.1 Å². The monoisotopic (exact) mass is 585 g/mol. The van der Waals surface area contributed by atoms with Crippen molar-refractivity contribution in [1.29, 1.82) is 0 Å². The lowest BCUT2D eigenvalue weighted by Gasteiger charge is -2.13. The lowest BCUT2D eigenvalue weighted by Crippen LogP contribution is -2.32. The number of rotatable bonds is 17. The minimum absolute atomic E-state index is 0.0669. The maximum Gasteiger partial charge on any atom is 0.411 e. The van der Waals surface area contributed by atoms with Crippen LogP contribution in [0.3, 0.4) is 0 Å². The number of phenolic OH excluding ortho intramolecular Hbond substituents is 1. The highest BCUT2D eigenvalue weighted by atomic mass is 32.2. The third-order valence-electron chi connectivity index (χ3n) is 6.10. The summed E-state index contributed by atoms with van der Waals surface area (Å²) in [5.74, 6) is 0.717. The molecule has 0 aliphatic rings. The molecule has 10 nitrogen and oxygen atoms in total. The van der Waals surface area contributed by atoms with E-state index in [-0.39, 0.29) is 17.3 Å². The molecule has 5 N–H and O–H groups in total. The predicted molar refractivity (Wildman–Crippen MR) is 159 cm³/mol. The molecule has 0 fully saturated rings. The van der Waals surface area contributed by atoms with E-state index in [0.717, 1.165) is 31.2 Å². The first-order valence-corrected chi connectivity index (χ1v) is 15.2. The molecule has 3 rings (SSSR count). The van der Waals surface area contributed by atoms with Gasteiger partial charge in [-0.1, -0.05) is 38.3 Å². The highest BCUT2D eigenvalue weighted by Crippen LogP contribution is 2.19. The largest absolute Gasteiger partial charge is 0.508 e. The van der Waals surface area contributed by atoms with Gasteiger partial charge in [0, 0.05) is 17.9 Å². The van der Waals surface area contributed by atoms with Gasteiger partial charge in [0.15, 0.2) is 0 Å². The Kier molecular flexibility index (Phi) is 12.7. The molecule has 0 saturated carbocycles. The number of amides is 1. The quantitative estimate of drug-likeness (QED) is 0.141. The summed E-state index contributed by atoms with van der Waals surface area (Å²) >= 11 is 0. The second-order valence-corrected chi connectivity index (χ2v) is 11.2. The summed E-state index contributed by atoms with van der Waals surface area (Å²) in [5.41, 5.74) is 1.87. The lowest BCUT2D eigenvalue weighted by atomic mass is 10.1. The van der Waals surface area contributed by atoms with Crippen LogP contribution in [0, 0.1) is 0 Å². The number of unbranched alkanes of at least 4 members (excludes halogenated alkanes) is 3. The Morgan fingerprint density at radius 1 is 0.902 bits per heavy atom. The van der Waals surface area contributed by atoms with Gasteiger partial charge < -0.3 is 25.0 Å². The third kappa shape index (κ3) is 11.7. The Bertz CT molecular complexity index is 1300. The molecule has 0 heterocycles. The van der Waals surface area contributed by atoms with E-state index in [1.165, 1.54) is 36.4 Å². The van der Waals surface area contributed by atoms with E-state index < -0.39 is 22.2 Å². The van der Waals surface area contributed by atoms with Crippen LogP contribution in [-0.2, 0) is 21.2 Å². The van der Waals surface area contributed by atoms with Gasteiger partial charge in [0.1, 0.15) is 24.2 Å². The molecule has 0 unspecified atom stereocenters. The van der Waals surface area contributed by atoms with Gasteiger partial charge in [-0.3, -0.25) is 10.0 Å². The van der Waals surface area contributed by atoms with Gasteiger partial charge in [-0.05, 0) is 85.6 Å². The van der Waals surface area contributed by atoms with Crippen LogP contribution in [0.5, 0.6) is 11.5 Å². The van der Waals surface area contributed by atoms with Crippen molar-refractivity contribution in [3.05, 3.63) is 78.4 Å². The van der Waals surface area contributed by atoms with Crippen molar-refractivity contribution in [3.63, 3.8) is 0 Å². The molecule has 11 heteroatoms. The molecular formula is C30H39N3O7S. The summed E-state index contributed by atoms with van der Waals surface area (Å²) in [4.78, 5) is 12.0. The van der Waals surface area contributed by atoms with E-state index in [1.807, 2.05) is 12.1 Å². The van der Waals surface area contributed by atoms with Crippen molar-refractivity contribution in [2.45, 2.75) is 50.0 Å². The first-order chi connectivity index (χ1) is 19.7. The fraction of sp³-hybridized carbons (Fsp3) is 0.367. The molecular weight excluding hydrogens is 546 g/mol. The predicted octanol–water partition coefficient (Wildman–Crippen LogP) is 4.89. The number of ether oxygens (including phenoxy) is 2. The molecule has 3 aromatic rings. The fourth-order valence-electron chi connectivity index (χ4n) is 3.81. The van der Waals surface area contributed by atoms with Crippen molar-refractivity contribution >= 4 is 27.5 Å². The number of aliphatic hydroxyl groups is 1. The SMILES string of the molecule is CCCCCCOC(=O)Nc1ccc(S(=O)(=O)Nc2ccc(CCNC[C@H](O)COc3ccc(O)cc3)cc2)cc1. The van der Waals surface area contributed by atoms with Crippen LogP contribution in [0.15, 0.2) is 77.7 Å². The maximum absolute atomic E-state index is 12.8. The Hall–Kier alpha value is -3.80. The second kappa shape index (κ2) is 16.5. The minimum atomic E-state index is -3.81. The average molecular weight is 586 g/mol. The highest BCUT2D eigenvalue weighted by molar-refractivity contribution is 7.92. The molecule has 0 aliphatic heterocycles.